The third-order valence-corrected chi connectivity index (χ3v) is 5.42. The average molecular weight is 363 g/mol. The van der Waals surface area contributed by atoms with Gasteiger partial charge in [-0.05, 0) is 24.5 Å². The van der Waals surface area contributed by atoms with E-state index in [1.807, 2.05) is 36.7 Å². The number of hydrogen-bond donors (Lipinski definition) is 0. The van der Waals surface area contributed by atoms with Gasteiger partial charge in [-0.3, -0.25) is 4.79 Å². The number of aromatic nitrogens is 2. The van der Waals surface area contributed by atoms with E-state index in [1.54, 1.807) is 5.01 Å². The minimum atomic E-state index is 0.0233. The molecule has 1 atom stereocenters. The first-order chi connectivity index (χ1) is 13.3. The first-order valence-electron chi connectivity index (χ1n) is 9.73. The van der Waals surface area contributed by atoms with Crippen LogP contribution in [-0.2, 0) is 11.2 Å². The molecule has 0 saturated carbocycles. The lowest BCUT2D eigenvalue weighted by molar-refractivity contribution is -0.138. The van der Waals surface area contributed by atoms with Gasteiger partial charge in [0.1, 0.15) is 11.6 Å². The van der Waals surface area contributed by atoms with Gasteiger partial charge in [0.25, 0.3) is 0 Å². The maximum absolute atomic E-state index is 13.1. The van der Waals surface area contributed by atoms with Crippen LogP contribution in [0.3, 0.4) is 0 Å². The topological polar surface area (TPSA) is 61.7 Å². The second kappa shape index (κ2) is 7.86. The van der Waals surface area contributed by atoms with E-state index in [2.05, 4.69) is 39.0 Å². The molecule has 3 heterocycles. The number of hydrogen-bond acceptors (Lipinski definition) is 5. The van der Waals surface area contributed by atoms with Crippen LogP contribution >= 0.6 is 0 Å². The Hall–Kier alpha value is -2.76. The molecule has 0 spiro atoms. The fourth-order valence-corrected chi connectivity index (χ4v) is 3.86. The zero-order valence-electron chi connectivity index (χ0n) is 15.7. The van der Waals surface area contributed by atoms with Crippen molar-refractivity contribution in [3.05, 3.63) is 54.0 Å². The highest BCUT2D eigenvalue weighted by Crippen LogP contribution is 2.32. The standard InChI is InChI=1S/C21H25N5O/c1-2-19-22-12-9-20(24-19)25-14-10-17(11-15-25)21(27)26-18(8-13-23-26)16-6-4-3-5-7-16/h3-7,9,12-13,17-18H,2,8,10-11,14-15H2,1H3. The molecule has 1 amide bonds. The van der Waals surface area contributed by atoms with Crippen molar-refractivity contribution < 1.29 is 4.79 Å². The van der Waals surface area contributed by atoms with E-state index in [0.717, 1.165) is 56.0 Å². The van der Waals surface area contributed by atoms with Gasteiger partial charge < -0.3 is 4.90 Å². The first-order valence-corrected chi connectivity index (χ1v) is 9.73. The van der Waals surface area contributed by atoms with Crippen molar-refractivity contribution >= 4 is 17.9 Å². The fourth-order valence-electron chi connectivity index (χ4n) is 3.86. The van der Waals surface area contributed by atoms with Crippen molar-refractivity contribution in [2.45, 2.75) is 38.6 Å². The van der Waals surface area contributed by atoms with Gasteiger partial charge in [0.15, 0.2) is 0 Å². The van der Waals surface area contributed by atoms with Crippen LogP contribution in [0.1, 0.15) is 43.6 Å². The maximum Gasteiger partial charge on any atom is 0.246 e. The Balaban J connectivity index is 1.40. The Bertz CT molecular complexity index is 814. The number of amides is 1. The molecule has 1 saturated heterocycles. The van der Waals surface area contributed by atoms with E-state index in [-0.39, 0.29) is 17.9 Å². The molecule has 0 N–H and O–H groups in total. The van der Waals surface area contributed by atoms with Gasteiger partial charge in [-0.1, -0.05) is 37.3 Å². The van der Waals surface area contributed by atoms with Crippen molar-refractivity contribution in [3.63, 3.8) is 0 Å². The smallest absolute Gasteiger partial charge is 0.246 e. The summed E-state index contributed by atoms with van der Waals surface area (Å²) in [5, 5.41) is 6.10. The number of piperidine rings is 1. The lowest BCUT2D eigenvalue weighted by Gasteiger charge is -2.34. The highest BCUT2D eigenvalue weighted by Gasteiger charge is 2.34. The second-order valence-corrected chi connectivity index (χ2v) is 7.09. The lowest BCUT2D eigenvalue weighted by atomic mass is 9.94. The molecule has 1 unspecified atom stereocenters. The highest BCUT2D eigenvalue weighted by atomic mass is 16.2. The summed E-state index contributed by atoms with van der Waals surface area (Å²) < 4.78 is 0. The summed E-state index contributed by atoms with van der Waals surface area (Å²) in [5.41, 5.74) is 1.15. The van der Waals surface area contributed by atoms with Gasteiger partial charge in [0.05, 0.1) is 6.04 Å². The van der Waals surface area contributed by atoms with Gasteiger partial charge in [-0.25, -0.2) is 15.0 Å². The van der Waals surface area contributed by atoms with Crippen molar-refractivity contribution in [1.82, 2.24) is 15.0 Å². The van der Waals surface area contributed by atoms with Crippen molar-refractivity contribution in [2.24, 2.45) is 11.0 Å². The summed E-state index contributed by atoms with van der Waals surface area (Å²) in [6, 6.07) is 12.2. The van der Waals surface area contributed by atoms with E-state index >= 15 is 0 Å². The van der Waals surface area contributed by atoms with Crippen LogP contribution in [0.25, 0.3) is 0 Å². The van der Waals surface area contributed by atoms with Gasteiger partial charge in [0, 0.05) is 44.3 Å². The normalized spacial score (nSPS) is 20.3. The van der Waals surface area contributed by atoms with Crippen LogP contribution in [0.4, 0.5) is 5.82 Å². The zero-order chi connectivity index (χ0) is 18.6. The predicted molar refractivity (Wildman–Crippen MR) is 105 cm³/mol. The number of carbonyl (C=O) groups is 1. The number of carbonyl (C=O) groups excluding carboxylic acids is 1. The summed E-state index contributed by atoms with van der Waals surface area (Å²) in [7, 11) is 0. The minimum Gasteiger partial charge on any atom is -0.356 e. The Labute approximate surface area is 159 Å². The summed E-state index contributed by atoms with van der Waals surface area (Å²) in [5.74, 6) is 2.00. The Kier molecular flexibility index (Phi) is 5.14. The number of anilines is 1. The lowest BCUT2D eigenvalue weighted by Crippen LogP contribution is -2.41. The quantitative estimate of drug-likeness (QED) is 0.837. The SMILES string of the molecule is CCc1nccc(N2CCC(C(=O)N3N=CCC3c3ccccc3)CC2)n1. The molecule has 2 aliphatic rings. The molecular weight excluding hydrogens is 338 g/mol. The molecule has 1 aromatic carbocycles. The zero-order valence-corrected chi connectivity index (χ0v) is 15.7. The van der Waals surface area contributed by atoms with Crippen LogP contribution in [-0.4, -0.2) is 40.2 Å². The van der Waals surface area contributed by atoms with Gasteiger partial charge >= 0.3 is 0 Å². The van der Waals surface area contributed by atoms with Crippen LogP contribution < -0.4 is 4.90 Å². The van der Waals surface area contributed by atoms with Crippen molar-refractivity contribution in [2.75, 3.05) is 18.0 Å². The Morgan fingerprint density at radius 1 is 1.15 bits per heavy atom. The minimum absolute atomic E-state index is 0.0233. The molecule has 0 aliphatic carbocycles. The number of benzene rings is 1. The molecule has 6 nitrogen and oxygen atoms in total. The number of nitrogens with zero attached hydrogens (tertiary/aromatic N) is 5. The summed E-state index contributed by atoms with van der Waals surface area (Å²) >= 11 is 0. The molecule has 2 aliphatic heterocycles. The Morgan fingerprint density at radius 2 is 1.93 bits per heavy atom. The average Bonchev–Trinajstić information content (AvgIpc) is 3.24. The van der Waals surface area contributed by atoms with Gasteiger partial charge in [-0.15, -0.1) is 0 Å². The van der Waals surface area contributed by atoms with Crippen LogP contribution in [0.2, 0.25) is 0 Å². The van der Waals surface area contributed by atoms with Crippen LogP contribution in [0.5, 0.6) is 0 Å². The number of hydrazone groups is 1. The van der Waals surface area contributed by atoms with E-state index in [0.29, 0.717) is 0 Å². The molecule has 27 heavy (non-hydrogen) atoms. The van der Waals surface area contributed by atoms with E-state index in [4.69, 9.17) is 0 Å². The molecule has 2 aromatic rings. The molecular formula is C21H25N5O. The molecule has 140 valence electrons. The number of rotatable bonds is 4. The molecule has 1 aromatic heterocycles. The third kappa shape index (κ3) is 3.70. The highest BCUT2D eigenvalue weighted by molar-refractivity contribution is 5.82. The third-order valence-electron chi connectivity index (χ3n) is 5.42. The van der Waals surface area contributed by atoms with Crippen molar-refractivity contribution in [3.8, 4) is 0 Å². The first kappa shape index (κ1) is 17.6. The summed E-state index contributed by atoms with van der Waals surface area (Å²) in [6.45, 7) is 3.73. The van der Waals surface area contributed by atoms with E-state index in [9.17, 15) is 4.79 Å². The fraction of sp³-hybridized carbons (Fsp3) is 0.429. The monoisotopic (exact) mass is 363 g/mol. The predicted octanol–water partition coefficient (Wildman–Crippen LogP) is 3.21. The largest absolute Gasteiger partial charge is 0.356 e. The summed E-state index contributed by atoms with van der Waals surface area (Å²) in [6.07, 6.45) is 6.96. The van der Waals surface area contributed by atoms with E-state index in [1.165, 1.54) is 0 Å². The van der Waals surface area contributed by atoms with Crippen LogP contribution in [0.15, 0.2) is 47.7 Å². The maximum atomic E-state index is 13.1. The van der Waals surface area contributed by atoms with Crippen LogP contribution in [0, 0.1) is 5.92 Å². The molecule has 1 fully saturated rings. The van der Waals surface area contributed by atoms with E-state index < -0.39 is 0 Å². The molecule has 0 bridgehead atoms. The second-order valence-electron chi connectivity index (χ2n) is 7.09. The van der Waals surface area contributed by atoms with Crippen molar-refractivity contribution in [1.29, 1.82) is 0 Å². The Morgan fingerprint density at radius 3 is 2.67 bits per heavy atom. The van der Waals surface area contributed by atoms with Gasteiger partial charge in [-0.2, -0.15) is 5.10 Å². The summed E-state index contributed by atoms with van der Waals surface area (Å²) in [4.78, 5) is 24.2. The molecule has 6 heteroatoms. The molecule has 4 rings (SSSR count). The molecule has 0 radical (unpaired) electrons. The van der Waals surface area contributed by atoms with Gasteiger partial charge in [0.2, 0.25) is 5.91 Å². The number of aryl methyl sites for hydroxylation is 1.